The first-order valence-electron chi connectivity index (χ1n) is 5.79. The smallest absolute Gasteiger partial charge is 0.356 e. The molecule has 0 radical (unpaired) electrons. The quantitative estimate of drug-likeness (QED) is 0.915. The third kappa shape index (κ3) is 3.06. The zero-order valence-corrected chi connectivity index (χ0v) is 11.1. The van der Waals surface area contributed by atoms with E-state index in [0.717, 1.165) is 0 Å². The van der Waals surface area contributed by atoms with Crippen LogP contribution >= 0.6 is 11.6 Å². The van der Waals surface area contributed by atoms with E-state index in [1.807, 2.05) is 19.1 Å². The van der Waals surface area contributed by atoms with Gasteiger partial charge in [0, 0.05) is 6.54 Å². The van der Waals surface area contributed by atoms with Crippen LogP contribution in [-0.2, 0) is 13.2 Å². The average molecular weight is 281 g/mol. The van der Waals surface area contributed by atoms with Crippen molar-refractivity contribution in [2.75, 3.05) is 0 Å². The maximum absolute atomic E-state index is 10.9. The lowest BCUT2D eigenvalue weighted by molar-refractivity contribution is 0.0689. The van der Waals surface area contributed by atoms with Crippen LogP contribution in [0.25, 0.3) is 0 Å². The molecule has 5 nitrogen and oxygen atoms in total. The number of aromatic carboxylic acids is 1. The van der Waals surface area contributed by atoms with Crippen LogP contribution < -0.4 is 4.74 Å². The van der Waals surface area contributed by atoms with Gasteiger partial charge in [0.15, 0.2) is 5.69 Å². The Morgan fingerprint density at radius 2 is 2.21 bits per heavy atom. The summed E-state index contributed by atoms with van der Waals surface area (Å²) in [5.74, 6) is -0.490. The van der Waals surface area contributed by atoms with Gasteiger partial charge in [-0.1, -0.05) is 23.7 Å². The number of nitrogens with zero attached hydrogens (tertiary/aromatic N) is 2. The number of aromatic nitrogens is 2. The summed E-state index contributed by atoms with van der Waals surface area (Å²) in [7, 11) is 0. The van der Waals surface area contributed by atoms with Gasteiger partial charge in [0.1, 0.15) is 12.4 Å². The van der Waals surface area contributed by atoms with Gasteiger partial charge >= 0.3 is 5.97 Å². The first kappa shape index (κ1) is 13.4. The van der Waals surface area contributed by atoms with Crippen LogP contribution in [0.15, 0.2) is 30.3 Å². The molecule has 1 heterocycles. The Morgan fingerprint density at radius 3 is 2.84 bits per heavy atom. The molecule has 0 unspecified atom stereocenters. The number of hydrogen-bond donors (Lipinski definition) is 1. The summed E-state index contributed by atoms with van der Waals surface area (Å²) < 4.78 is 7.17. The van der Waals surface area contributed by atoms with Crippen LogP contribution in [-0.4, -0.2) is 20.9 Å². The molecule has 100 valence electrons. The van der Waals surface area contributed by atoms with Gasteiger partial charge in [-0.3, -0.25) is 4.68 Å². The number of rotatable bonds is 5. The van der Waals surface area contributed by atoms with Gasteiger partial charge in [0.2, 0.25) is 0 Å². The maximum atomic E-state index is 10.9. The third-order valence-corrected chi connectivity index (χ3v) is 2.91. The van der Waals surface area contributed by atoms with Crippen molar-refractivity contribution >= 4 is 17.6 Å². The van der Waals surface area contributed by atoms with Gasteiger partial charge in [0.05, 0.1) is 10.7 Å². The fourth-order valence-corrected chi connectivity index (χ4v) is 1.85. The summed E-state index contributed by atoms with van der Waals surface area (Å²) in [5, 5.41) is 13.4. The molecule has 0 amide bonds. The molecule has 0 saturated carbocycles. The van der Waals surface area contributed by atoms with Gasteiger partial charge in [-0.15, -0.1) is 0 Å². The monoisotopic (exact) mass is 280 g/mol. The Balaban J connectivity index is 2.15. The molecule has 0 aliphatic heterocycles. The van der Waals surface area contributed by atoms with Crippen molar-refractivity contribution in [2.45, 2.75) is 20.1 Å². The lowest BCUT2D eigenvalue weighted by Gasteiger charge is -2.08. The fourth-order valence-electron chi connectivity index (χ4n) is 1.66. The summed E-state index contributed by atoms with van der Waals surface area (Å²) in [6.07, 6.45) is 0. The van der Waals surface area contributed by atoms with Crippen molar-refractivity contribution in [1.29, 1.82) is 0 Å². The fraction of sp³-hybridized carbons (Fsp3) is 0.231. The summed E-state index contributed by atoms with van der Waals surface area (Å²) in [6.45, 7) is 2.68. The Labute approximate surface area is 115 Å². The van der Waals surface area contributed by atoms with E-state index in [1.165, 1.54) is 6.07 Å². The van der Waals surface area contributed by atoms with Gasteiger partial charge in [0.25, 0.3) is 0 Å². The molecular formula is C13H13ClN2O3. The van der Waals surface area contributed by atoms with Gasteiger partial charge < -0.3 is 9.84 Å². The average Bonchev–Trinajstić information content (AvgIpc) is 2.81. The van der Waals surface area contributed by atoms with Gasteiger partial charge in [-0.25, -0.2) is 4.79 Å². The highest BCUT2D eigenvalue weighted by atomic mass is 35.5. The molecule has 0 aliphatic rings. The Hall–Kier alpha value is -2.01. The lowest BCUT2D eigenvalue weighted by atomic mass is 10.3. The summed E-state index contributed by atoms with van der Waals surface area (Å²) in [6, 6.07) is 8.63. The van der Waals surface area contributed by atoms with Crippen LogP contribution in [0.3, 0.4) is 0 Å². The standard InChI is InChI=1S/C13H13ClN2O3/c1-2-16-9(7-11(15-16)13(17)18)8-19-12-6-4-3-5-10(12)14/h3-7H,2,8H2,1H3,(H,17,18). The van der Waals surface area contributed by atoms with Crippen LogP contribution in [0.2, 0.25) is 5.02 Å². The number of carboxylic acid groups (broad SMARTS) is 1. The van der Waals surface area contributed by atoms with E-state index in [9.17, 15) is 4.79 Å². The summed E-state index contributed by atoms with van der Waals surface area (Å²) in [4.78, 5) is 10.9. The summed E-state index contributed by atoms with van der Waals surface area (Å²) >= 11 is 5.98. The van der Waals surface area contributed by atoms with E-state index in [4.69, 9.17) is 21.4 Å². The first-order chi connectivity index (χ1) is 9.11. The highest BCUT2D eigenvalue weighted by Crippen LogP contribution is 2.24. The minimum absolute atomic E-state index is 0.0135. The second kappa shape index (κ2) is 5.75. The number of carbonyl (C=O) groups is 1. The Kier molecular flexibility index (Phi) is 4.06. The van der Waals surface area contributed by atoms with Crippen LogP contribution in [0.5, 0.6) is 5.75 Å². The molecule has 1 N–H and O–H groups in total. The van der Waals surface area contributed by atoms with E-state index < -0.39 is 5.97 Å². The number of aryl methyl sites for hydroxylation is 1. The minimum Gasteiger partial charge on any atom is -0.486 e. The predicted octanol–water partition coefficient (Wildman–Crippen LogP) is 2.83. The number of halogens is 1. The molecule has 2 rings (SSSR count). The number of hydrogen-bond acceptors (Lipinski definition) is 3. The van der Waals surface area contributed by atoms with Crippen LogP contribution in [0, 0.1) is 0 Å². The normalized spacial score (nSPS) is 10.4. The topological polar surface area (TPSA) is 64.4 Å². The minimum atomic E-state index is -1.05. The zero-order valence-electron chi connectivity index (χ0n) is 10.3. The molecule has 1 aromatic heterocycles. The number of ether oxygens (including phenoxy) is 1. The number of carboxylic acids is 1. The molecule has 0 fully saturated rings. The first-order valence-corrected chi connectivity index (χ1v) is 6.17. The molecule has 0 aliphatic carbocycles. The van der Waals surface area contributed by atoms with E-state index in [0.29, 0.717) is 23.0 Å². The highest BCUT2D eigenvalue weighted by molar-refractivity contribution is 6.32. The van der Waals surface area contributed by atoms with E-state index in [1.54, 1.807) is 16.8 Å². The Bertz CT molecular complexity index is 595. The molecular weight excluding hydrogens is 268 g/mol. The third-order valence-electron chi connectivity index (χ3n) is 2.59. The maximum Gasteiger partial charge on any atom is 0.356 e. The van der Waals surface area contributed by atoms with Crippen molar-refractivity contribution in [2.24, 2.45) is 0 Å². The molecule has 6 heteroatoms. The van der Waals surface area contributed by atoms with Crippen molar-refractivity contribution in [3.05, 3.63) is 46.7 Å². The molecule has 0 bridgehead atoms. The number of benzene rings is 1. The van der Waals surface area contributed by atoms with E-state index >= 15 is 0 Å². The van der Waals surface area contributed by atoms with Gasteiger partial charge in [-0.2, -0.15) is 5.10 Å². The van der Waals surface area contributed by atoms with Crippen molar-refractivity contribution in [1.82, 2.24) is 9.78 Å². The number of para-hydroxylation sites is 1. The molecule has 0 saturated heterocycles. The summed E-state index contributed by atoms with van der Waals surface area (Å²) in [5.41, 5.74) is 0.708. The largest absolute Gasteiger partial charge is 0.486 e. The van der Waals surface area contributed by atoms with E-state index in [2.05, 4.69) is 5.10 Å². The molecule has 0 atom stereocenters. The molecule has 1 aromatic carbocycles. The lowest BCUT2D eigenvalue weighted by Crippen LogP contribution is -2.06. The highest BCUT2D eigenvalue weighted by Gasteiger charge is 2.13. The van der Waals surface area contributed by atoms with Crippen molar-refractivity contribution in [3.8, 4) is 5.75 Å². The molecule has 0 spiro atoms. The molecule has 2 aromatic rings. The van der Waals surface area contributed by atoms with E-state index in [-0.39, 0.29) is 12.3 Å². The predicted molar refractivity (Wildman–Crippen MR) is 70.6 cm³/mol. The van der Waals surface area contributed by atoms with Crippen LogP contribution in [0.4, 0.5) is 0 Å². The second-order valence-corrected chi connectivity index (χ2v) is 4.27. The second-order valence-electron chi connectivity index (χ2n) is 3.86. The molecule has 19 heavy (non-hydrogen) atoms. The van der Waals surface area contributed by atoms with Crippen LogP contribution in [0.1, 0.15) is 23.1 Å². The SMILES string of the molecule is CCn1nc(C(=O)O)cc1COc1ccccc1Cl. The van der Waals surface area contributed by atoms with Crippen molar-refractivity contribution in [3.63, 3.8) is 0 Å². The Morgan fingerprint density at radius 1 is 1.47 bits per heavy atom. The zero-order chi connectivity index (χ0) is 13.8. The van der Waals surface area contributed by atoms with Crippen molar-refractivity contribution < 1.29 is 14.6 Å². The van der Waals surface area contributed by atoms with Gasteiger partial charge in [-0.05, 0) is 25.1 Å².